The number of rotatable bonds is 2. The maximum Gasteiger partial charge on any atom is 0.353 e. The molecule has 18 heavy (non-hydrogen) atoms. The molecule has 0 bridgehead atoms. The molecular weight excluding hydrogens is 240 g/mol. The summed E-state index contributed by atoms with van der Waals surface area (Å²) in [6, 6.07) is -0.535. The minimum Gasteiger partial charge on any atom is -0.378 e. The fourth-order valence-corrected chi connectivity index (χ4v) is 1.84. The number of aromatic nitrogens is 2. The van der Waals surface area contributed by atoms with E-state index in [0.29, 0.717) is 13.1 Å². The Hall–Kier alpha value is -2.45. The maximum atomic E-state index is 11.5. The number of nitrogens with two attached hydrogens (primary N) is 1. The summed E-state index contributed by atoms with van der Waals surface area (Å²) in [6.07, 6.45) is 1.15. The van der Waals surface area contributed by atoms with Crippen LogP contribution in [0.2, 0.25) is 0 Å². The summed E-state index contributed by atoms with van der Waals surface area (Å²) >= 11 is 0. The molecule has 1 aromatic heterocycles. The number of carbonyl (C=O) groups is 1. The first-order valence-corrected chi connectivity index (χ1v) is 5.31. The van der Waals surface area contributed by atoms with Gasteiger partial charge in [-0.2, -0.15) is 0 Å². The number of hydrogen-bond acceptors (Lipinski definition) is 7. The van der Waals surface area contributed by atoms with Crippen LogP contribution in [0.1, 0.15) is 6.92 Å². The quantitative estimate of drug-likeness (QED) is 0.525. The van der Waals surface area contributed by atoms with Crippen LogP contribution in [0.15, 0.2) is 6.33 Å². The van der Waals surface area contributed by atoms with E-state index in [0.717, 1.165) is 6.33 Å². The number of nitro groups is 1. The summed E-state index contributed by atoms with van der Waals surface area (Å²) in [4.78, 5) is 30.9. The lowest BCUT2D eigenvalue weighted by molar-refractivity contribution is -0.383. The normalized spacial score (nSPS) is 19.5. The number of piperazine rings is 1. The molecule has 1 atom stereocenters. The zero-order valence-corrected chi connectivity index (χ0v) is 9.66. The van der Waals surface area contributed by atoms with Crippen molar-refractivity contribution in [3.8, 4) is 0 Å². The van der Waals surface area contributed by atoms with Crippen LogP contribution in [-0.2, 0) is 4.79 Å². The number of nitrogen functional groups attached to an aromatic ring is 1. The number of anilines is 2. The van der Waals surface area contributed by atoms with Gasteiger partial charge < -0.3 is 16.0 Å². The maximum absolute atomic E-state index is 11.5. The average Bonchev–Trinajstić information content (AvgIpc) is 2.32. The number of nitrogens with one attached hydrogen (secondary N) is 1. The van der Waals surface area contributed by atoms with Crippen molar-refractivity contribution < 1.29 is 9.72 Å². The Morgan fingerprint density at radius 3 is 3.00 bits per heavy atom. The summed E-state index contributed by atoms with van der Waals surface area (Å²) in [6.45, 7) is 2.49. The lowest BCUT2D eigenvalue weighted by atomic mass is 10.2. The van der Waals surface area contributed by atoms with Crippen LogP contribution in [0.3, 0.4) is 0 Å². The molecule has 0 aliphatic carbocycles. The van der Waals surface area contributed by atoms with Crippen molar-refractivity contribution in [3.05, 3.63) is 16.4 Å². The monoisotopic (exact) mass is 252 g/mol. The molecular formula is C9H12N6O3. The fourth-order valence-electron chi connectivity index (χ4n) is 1.84. The Labute approximate surface area is 102 Å². The highest BCUT2D eigenvalue weighted by Crippen LogP contribution is 2.31. The molecule has 0 radical (unpaired) electrons. The van der Waals surface area contributed by atoms with Gasteiger partial charge in [-0.3, -0.25) is 14.9 Å². The van der Waals surface area contributed by atoms with Gasteiger partial charge in [0.05, 0.1) is 4.92 Å². The first-order chi connectivity index (χ1) is 8.52. The molecule has 1 fully saturated rings. The molecule has 3 N–H and O–H groups in total. The molecule has 1 unspecified atom stereocenters. The van der Waals surface area contributed by atoms with Gasteiger partial charge in [0.15, 0.2) is 0 Å². The topological polar surface area (TPSA) is 127 Å². The molecule has 9 heteroatoms. The number of hydrogen-bond donors (Lipinski definition) is 2. The van der Waals surface area contributed by atoms with E-state index in [1.54, 1.807) is 11.8 Å². The third kappa shape index (κ3) is 1.90. The second kappa shape index (κ2) is 4.43. The minimum atomic E-state index is -0.635. The smallest absolute Gasteiger partial charge is 0.353 e. The molecule has 1 amide bonds. The van der Waals surface area contributed by atoms with Crippen molar-refractivity contribution in [2.45, 2.75) is 13.0 Å². The van der Waals surface area contributed by atoms with Crippen LogP contribution in [0.4, 0.5) is 17.3 Å². The first-order valence-electron chi connectivity index (χ1n) is 5.31. The Balaban J connectivity index is 2.47. The lowest BCUT2D eigenvalue weighted by Crippen LogP contribution is -2.54. The molecule has 96 valence electrons. The number of amides is 1. The van der Waals surface area contributed by atoms with E-state index in [1.165, 1.54) is 0 Å². The van der Waals surface area contributed by atoms with E-state index in [9.17, 15) is 14.9 Å². The largest absolute Gasteiger partial charge is 0.378 e. The van der Waals surface area contributed by atoms with Gasteiger partial charge in [-0.1, -0.05) is 0 Å². The Kier molecular flexibility index (Phi) is 2.96. The Morgan fingerprint density at radius 2 is 2.33 bits per heavy atom. The van der Waals surface area contributed by atoms with Crippen molar-refractivity contribution in [2.75, 3.05) is 23.7 Å². The number of carbonyl (C=O) groups excluding carboxylic acids is 1. The molecule has 2 rings (SSSR count). The van der Waals surface area contributed by atoms with Gasteiger partial charge in [-0.05, 0) is 6.92 Å². The summed E-state index contributed by atoms with van der Waals surface area (Å²) in [5.74, 6) is -0.328. The van der Waals surface area contributed by atoms with E-state index in [1.807, 2.05) is 0 Å². The van der Waals surface area contributed by atoms with Gasteiger partial charge in [-0.15, -0.1) is 0 Å². The first kappa shape index (κ1) is 12.0. The molecule has 1 aromatic rings. The van der Waals surface area contributed by atoms with Crippen LogP contribution in [-0.4, -0.2) is 39.9 Å². The van der Waals surface area contributed by atoms with Crippen molar-refractivity contribution in [1.29, 1.82) is 0 Å². The predicted octanol–water partition coefficient (Wildman–Crippen LogP) is -0.708. The molecule has 2 heterocycles. The van der Waals surface area contributed by atoms with Crippen molar-refractivity contribution in [3.63, 3.8) is 0 Å². The molecule has 1 aliphatic heterocycles. The van der Waals surface area contributed by atoms with E-state index in [-0.39, 0.29) is 23.2 Å². The molecule has 1 saturated heterocycles. The van der Waals surface area contributed by atoms with Crippen LogP contribution >= 0.6 is 0 Å². The molecule has 0 aromatic carbocycles. The highest BCUT2D eigenvalue weighted by Gasteiger charge is 2.33. The van der Waals surface area contributed by atoms with Gasteiger partial charge in [0.25, 0.3) is 0 Å². The predicted molar refractivity (Wildman–Crippen MR) is 62.9 cm³/mol. The highest BCUT2D eigenvalue weighted by atomic mass is 16.6. The molecule has 0 spiro atoms. The second-order valence-corrected chi connectivity index (χ2v) is 3.85. The van der Waals surface area contributed by atoms with E-state index >= 15 is 0 Å². The van der Waals surface area contributed by atoms with E-state index in [2.05, 4.69) is 15.3 Å². The van der Waals surface area contributed by atoms with Crippen molar-refractivity contribution >= 4 is 23.2 Å². The Bertz CT molecular complexity index is 505. The standard InChI is InChI=1S/C9H12N6O3/c1-5-9(16)11-2-3-14(5)8-6(15(17)18)7(10)12-4-13-8/h4-5H,2-3H2,1H3,(H,11,16)(H2,10,12,13). The molecule has 0 saturated carbocycles. The minimum absolute atomic E-state index is 0.0786. The van der Waals surface area contributed by atoms with Gasteiger partial charge in [0.2, 0.25) is 17.5 Å². The summed E-state index contributed by atoms with van der Waals surface area (Å²) in [5, 5.41) is 13.7. The Morgan fingerprint density at radius 1 is 1.61 bits per heavy atom. The highest BCUT2D eigenvalue weighted by molar-refractivity contribution is 5.87. The molecule has 1 aliphatic rings. The third-order valence-corrected chi connectivity index (χ3v) is 2.78. The van der Waals surface area contributed by atoms with Crippen molar-refractivity contribution in [1.82, 2.24) is 15.3 Å². The zero-order chi connectivity index (χ0) is 13.3. The van der Waals surface area contributed by atoms with Crippen LogP contribution in [0.25, 0.3) is 0 Å². The zero-order valence-electron chi connectivity index (χ0n) is 9.66. The van der Waals surface area contributed by atoms with Crippen molar-refractivity contribution in [2.24, 2.45) is 0 Å². The lowest BCUT2D eigenvalue weighted by Gasteiger charge is -2.33. The number of nitrogens with zero attached hydrogens (tertiary/aromatic N) is 4. The fraction of sp³-hybridized carbons (Fsp3) is 0.444. The summed E-state index contributed by atoms with van der Waals surface area (Å²) in [7, 11) is 0. The van der Waals surface area contributed by atoms with E-state index < -0.39 is 11.0 Å². The summed E-state index contributed by atoms with van der Waals surface area (Å²) < 4.78 is 0. The average molecular weight is 252 g/mol. The van der Waals surface area contributed by atoms with Gasteiger partial charge in [0.1, 0.15) is 12.4 Å². The third-order valence-electron chi connectivity index (χ3n) is 2.78. The van der Waals surface area contributed by atoms with Gasteiger partial charge >= 0.3 is 5.69 Å². The SMILES string of the molecule is CC1C(=O)NCCN1c1ncnc(N)c1[N+](=O)[O-]. The molecule has 9 nitrogen and oxygen atoms in total. The van der Waals surface area contributed by atoms with Gasteiger partial charge in [0, 0.05) is 13.1 Å². The van der Waals surface area contributed by atoms with Crippen LogP contribution < -0.4 is 16.0 Å². The second-order valence-electron chi connectivity index (χ2n) is 3.85. The van der Waals surface area contributed by atoms with Crippen LogP contribution in [0.5, 0.6) is 0 Å². The van der Waals surface area contributed by atoms with E-state index in [4.69, 9.17) is 5.73 Å². The summed E-state index contributed by atoms with van der Waals surface area (Å²) in [5.41, 5.74) is 5.13. The van der Waals surface area contributed by atoms with Crippen LogP contribution in [0, 0.1) is 10.1 Å². The van der Waals surface area contributed by atoms with Gasteiger partial charge in [-0.25, -0.2) is 9.97 Å².